The van der Waals surface area contributed by atoms with Gasteiger partial charge in [0.2, 0.25) is 5.89 Å². The predicted molar refractivity (Wildman–Crippen MR) is 48.9 cm³/mol. The van der Waals surface area contributed by atoms with Gasteiger partial charge in [0.25, 0.3) is 0 Å². The minimum absolute atomic E-state index is 0.176. The van der Waals surface area contributed by atoms with Crippen LogP contribution in [-0.2, 0) is 6.61 Å². The van der Waals surface area contributed by atoms with E-state index in [-0.39, 0.29) is 12.4 Å². The van der Waals surface area contributed by atoms with Gasteiger partial charge >= 0.3 is 0 Å². The number of aromatic hydroxyl groups is 1. The van der Waals surface area contributed by atoms with E-state index in [0.717, 1.165) is 0 Å². The molecule has 0 saturated heterocycles. The zero-order chi connectivity index (χ0) is 9.80. The van der Waals surface area contributed by atoms with Crippen LogP contribution in [0.15, 0.2) is 41.1 Å². The van der Waals surface area contributed by atoms with Crippen LogP contribution in [0.4, 0.5) is 0 Å². The molecule has 1 aromatic carbocycles. The Bertz CT molecular complexity index is 398. The van der Waals surface area contributed by atoms with E-state index in [0.29, 0.717) is 11.6 Å². The lowest BCUT2D eigenvalue weighted by Crippen LogP contribution is -1.94. The number of nitrogens with zero attached hydrogens (tertiary/aromatic N) is 1. The first-order valence-corrected chi connectivity index (χ1v) is 4.15. The van der Waals surface area contributed by atoms with Gasteiger partial charge in [-0.3, -0.25) is 0 Å². The second-order valence-corrected chi connectivity index (χ2v) is 2.71. The molecular formula is C10H9NO3. The summed E-state index contributed by atoms with van der Waals surface area (Å²) < 4.78 is 10.3. The van der Waals surface area contributed by atoms with Gasteiger partial charge < -0.3 is 14.3 Å². The number of rotatable bonds is 3. The van der Waals surface area contributed by atoms with Crippen molar-refractivity contribution < 1.29 is 14.3 Å². The molecule has 0 aliphatic rings. The van der Waals surface area contributed by atoms with Crippen molar-refractivity contribution in [2.45, 2.75) is 6.61 Å². The quantitative estimate of drug-likeness (QED) is 0.805. The number of aromatic nitrogens is 1. The van der Waals surface area contributed by atoms with E-state index in [9.17, 15) is 0 Å². The normalized spacial score (nSPS) is 10.0. The molecule has 0 atom stereocenters. The number of phenols is 1. The van der Waals surface area contributed by atoms with E-state index in [2.05, 4.69) is 4.98 Å². The Morgan fingerprint density at radius 3 is 3.07 bits per heavy atom. The number of phenolic OH excluding ortho intramolecular Hbond substituents is 1. The number of ether oxygens (including phenoxy) is 1. The van der Waals surface area contributed by atoms with E-state index in [1.807, 2.05) is 0 Å². The van der Waals surface area contributed by atoms with Gasteiger partial charge in [-0.25, -0.2) is 4.98 Å². The molecule has 0 bridgehead atoms. The number of hydrogen-bond acceptors (Lipinski definition) is 4. The Balaban J connectivity index is 1.98. The first kappa shape index (κ1) is 8.62. The van der Waals surface area contributed by atoms with Crippen molar-refractivity contribution in [1.82, 2.24) is 4.98 Å². The van der Waals surface area contributed by atoms with Gasteiger partial charge in [-0.1, -0.05) is 6.07 Å². The van der Waals surface area contributed by atoms with Crippen LogP contribution in [0.25, 0.3) is 0 Å². The van der Waals surface area contributed by atoms with Gasteiger partial charge in [-0.2, -0.15) is 0 Å². The fourth-order valence-corrected chi connectivity index (χ4v) is 1.04. The summed E-state index contributed by atoms with van der Waals surface area (Å²) in [5.41, 5.74) is 0. The second kappa shape index (κ2) is 3.83. The van der Waals surface area contributed by atoms with Crippen LogP contribution < -0.4 is 4.74 Å². The molecule has 1 aromatic heterocycles. The molecule has 0 radical (unpaired) electrons. The summed E-state index contributed by atoms with van der Waals surface area (Å²) in [6.45, 7) is 0.260. The fraction of sp³-hybridized carbons (Fsp3) is 0.100. The molecule has 4 nitrogen and oxygen atoms in total. The SMILES string of the molecule is Oc1cccc(OCc2ncco2)c1. The molecule has 0 aliphatic heterocycles. The first-order valence-electron chi connectivity index (χ1n) is 4.15. The molecule has 2 aromatic rings. The van der Waals surface area contributed by atoms with Gasteiger partial charge in [0, 0.05) is 6.07 Å². The van der Waals surface area contributed by atoms with Crippen molar-refractivity contribution in [3.63, 3.8) is 0 Å². The van der Waals surface area contributed by atoms with Crippen LogP contribution in [0.1, 0.15) is 5.89 Å². The third-order valence-electron chi connectivity index (χ3n) is 1.66. The molecule has 72 valence electrons. The summed E-state index contributed by atoms with van der Waals surface area (Å²) in [5, 5.41) is 9.15. The molecule has 4 heteroatoms. The molecule has 0 spiro atoms. The van der Waals surface area contributed by atoms with Gasteiger partial charge in [0.1, 0.15) is 17.8 Å². The molecular weight excluding hydrogens is 182 g/mol. The van der Waals surface area contributed by atoms with Gasteiger partial charge in [0.05, 0.1) is 6.20 Å². The maximum atomic E-state index is 9.15. The van der Waals surface area contributed by atoms with Crippen LogP contribution >= 0.6 is 0 Å². The van der Waals surface area contributed by atoms with Gasteiger partial charge in [-0.15, -0.1) is 0 Å². The van der Waals surface area contributed by atoms with E-state index in [1.165, 1.54) is 12.3 Å². The highest BCUT2D eigenvalue weighted by Gasteiger charge is 1.99. The smallest absolute Gasteiger partial charge is 0.232 e. The van der Waals surface area contributed by atoms with Crippen LogP contribution in [0.3, 0.4) is 0 Å². The summed E-state index contributed by atoms with van der Waals surface area (Å²) in [4.78, 5) is 3.90. The summed E-state index contributed by atoms with van der Waals surface area (Å²) in [5.74, 6) is 1.27. The van der Waals surface area contributed by atoms with Gasteiger partial charge in [0.15, 0.2) is 6.61 Å². The Labute approximate surface area is 80.8 Å². The van der Waals surface area contributed by atoms with Gasteiger partial charge in [-0.05, 0) is 12.1 Å². The minimum Gasteiger partial charge on any atom is -0.508 e. The number of hydrogen-bond donors (Lipinski definition) is 1. The molecule has 14 heavy (non-hydrogen) atoms. The van der Waals surface area contributed by atoms with Crippen LogP contribution in [-0.4, -0.2) is 10.1 Å². The maximum Gasteiger partial charge on any atom is 0.232 e. The first-order chi connectivity index (χ1) is 6.84. The Morgan fingerprint density at radius 1 is 1.43 bits per heavy atom. The highest BCUT2D eigenvalue weighted by Crippen LogP contribution is 2.18. The van der Waals surface area contributed by atoms with E-state index < -0.39 is 0 Å². The standard InChI is InChI=1S/C10H9NO3/c12-8-2-1-3-9(6-8)14-7-10-11-4-5-13-10/h1-6,12H,7H2. The van der Waals surface area contributed by atoms with Crippen LogP contribution in [0, 0.1) is 0 Å². The third kappa shape index (κ3) is 2.04. The second-order valence-electron chi connectivity index (χ2n) is 2.71. The fourth-order valence-electron chi connectivity index (χ4n) is 1.04. The van der Waals surface area contributed by atoms with Crippen molar-refractivity contribution in [3.8, 4) is 11.5 Å². The Hall–Kier alpha value is -1.97. The molecule has 0 amide bonds. The summed E-state index contributed by atoms with van der Waals surface area (Å²) in [7, 11) is 0. The molecule has 1 N–H and O–H groups in total. The van der Waals surface area contributed by atoms with Crippen molar-refractivity contribution >= 4 is 0 Å². The van der Waals surface area contributed by atoms with Crippen molar-refractivity contribution in [1.29, 1.82) is 0 Å². The van der Waals surface area contributed by atoms with Crippen molar-refractivity contribution in [2.75, 3.05) is 0 Å². The van der Waals surface area contributed by atoms with Crippen LogP contribution in [0.2, 0.25) is 0 Å². The lowest BCUT2D eigenvalue weighted by atomic mass is 10.3. The lowest BCUT2D eigenvalue weighted by molar-refractivity contribution is 0.262. The zero-order valence-electron chi connectivity index (χ0n) is 7.38. The predicted octanol–water partition coefficient (Wildman–Crippen LogP) is 1.96. The average Bonchev–Trinajstić information content (AvgIpc) is 2.67. The number of benzene rings is 1. The third-order valence-corrected chi connectivity index (χ3v) is 1.66. The highest BCUT2D eigenvalue weighted by molar-refractivity contribution is 5.31. The monoisotopic (exact) mass is 191 g/mol. The Kier molecular flexibility index (Phi) is 2.36. The minimum atomic E-state index is 0.176. The number of oxazole rings is 1. The lowest BCUT2D eigenvalue weighted by Gasteiger charge is -2.02. The van der Waals surface area contributed by atoms with E-state index in [4.69, 9.17) is 14.3 Å². The summed E-state index contributed by atoms with van der Waals surface area (Å²) in [6.07, 6.45) is 3.04. The average molecular weight is 191 g/mol. The van der Waals surface area contributed by atoms with E-state index in [1.54, 1.807) is 24.4 Å². The van der Waals surface area contributed by atoms with E-state index >= 15 is 0 Å². The van der Waals surface area contributed by atoms with Crippen molar-refractivity contribution in [2.24, 2.45) is 0 Å². The topological polar surface area (TPSA) is 55.5 Å². The maximum absolute atomic E-state index is 9.15. The molecule has 0 saturated carbocycles. The summed E-state index contributed by atoms with van der Waals surface area (Å²) >= 11 is 0. The molecule has 0 fully saturated rings. The summed E-state index contributed by atoms with van der Waals surface area (Å²) in [6, 6.07) is 6.57. The van der Waals surface area contributed by atoms with Crippen LogP contribution in [0.5, 0.6) is 11.5 Å². The van der Waals surface area contributed by atoms with Crippen molar-refractivity contribution in [3.05, 3.63) is 42.6 Å². The molecule has 2 rings (SSSR count). The molecule has 1 heterocycles. The Morgan fingerprint density at radius 2 is 2.36 bits per heavy atom. The molecule has 0 unspecified atom stereocenters. The zero-order valence-corrected chi connectivity index (χ0v) is 7.38. The highest BCUT2D eigenvalue weighted by atomic mass is 16.5. The largest absolute Gasteiger partial charge is 0.508 e. The molecule has 0 aliphatic carbocycles.